The number of benzene rings is 2. The van der Waals surface area contributed by atoms with Crippen LogP contribution in [0.15, 0.2) is 54.6 Å². The lowest BCUT2D eigenvalue weighted by Crippen LogP contribution is -2.70. The molecule has 0 aliphatic carbocycles. The highest BCUT2D eigenvalue weighted by Crippen LogP contribution is 2.58. The van der Waals surface area contributed by atoms with Crippen LogP contribution in [0.2, 0.25) is 0 Å². The molecule has 0 unspecified atom stereocenters. The zero-order valence-corrected chi connectivity index (χ0v) is 16.1. The van der Waals surface area contributed by atoms with Crippen molar-refractivity contribution < 1.29 is 62.2 Å². The maximum atomic E-state index is 13.8. The molecule has 0 saturated carbocycles. The summed E-state index contributed by atoms with van der Waals surface area (Å²) >= 11 is 0. The highest BCUT2D eigenvalue weighted by Gasteiger charge is 2.89. The number of amides is 1. The summed E-state index contributed by atoms with van der Waals surface area (Å²) < 4.78 is 164. The number of para-hydroxylation sites is 1. The van der Waals surface area contributed by atoms with Gasteiger partial charge in [0.15, 0.2) is 0 Å². The molecule has 0 aromatic heterocycles. The van der Waals surface area contributed by atoms with E-state index in [4.69, 9.17) is 4.74 Å². The van der Waals surface area contributed by atoms with E-state index in [9.17, 15) is 57.5 Å². The predicted molar refractivity (Wildman–Crippen MR) is 92.3 cm³/mol. The molecular weight excluding hydrogens is 502 g/mol. The second-order valence-corrected chi connectivity index (χ2v) is 6.61. The van der Waals surface area contributed by atoms with Crippen LogP contribution in [0, 0.1) is 0 Å². The molecule has 34 heavy (non-hydrogen) atoms. The van der Waals surface area contributed by atoms with E-state index >= 15 is 0 Å². The van der Waals surface area contributed by atoms with Gasteiger partial charge in [0, 0.05) is 5.69 Å². The first-order valence-electron chi connectivity index (χ1n) is 8.71. The van der Waals surface area contributed by atoms with Crippen LogP contribution in [0.3, 0.4) is 0 Å². The van der Waals surface area contributed by atoms with Crippen molar-refractivity contribution in [1.29, 1.82) is 0 Å². The quantitative estimate of drug-likeness (QED) is 0.372. The standard InChI is InChI=1S/C19H11F12NO2/c20-13(21)15(22,23)17(26,27)19(30,31)18(28,29)16(24,25)14(33)32-10-6-8-12(9-7-10)34-11-4-2-1-3-5-11/h1-9,13H,(H,32,33). The Bertz CT molecular complexity index is 994. The van der Waals surface area contributed by atoms with E-state index in [1.54, 1.807) is 18.2 Å². The van der Waals surface area contributed by atoms with Gasteiger partial charge < -0.3 is 10.1 Å². The number of hydrogen-bond donors (Lipinski definition) is 1. The van der Waals surface area contributed by atoms with Crippen LogP contribution < -0.4 is 10.1 Å². The third-order valence-electron chi connectivity index (χ3n) is 4.25. The Balaban J connectivity index is 2.25. The average molecular weight is 513 g/mol. The number of anilines is 1. The fraction of sp³-hybridized carbons (Fsp3) is 0.316. The maximum Gasteiger partial charge on any atom is 0.393 e. The van der Waals surface area contributed by atoms with Crippen molar-refractivity contribution in [3.63, 3.8) is 0 Å². The van der Waals surface area contributed by atoms with E-state index in [0.29, 0.717) is 5.75 Å². The Morgan fingerprint density at radius 3 is 1.62 bits per heavy atom. The number of halogens is 12. The summed E-state index contributed by atoms with van der Waals surface area (Å²) in [5.41, 5.74) is -0.742. The minimum absolute atomic E-state index is 0.0293. The Kier molecular flexibility index (Phi) is 7.10. The molecule has 15 heteroatoms. The van der Waals surface area contributed by atoms with Gasteiger partial charge in [-0.3, -0.25) is 4.79 Å². The largest absolute Gasteiger partial charge is 0.457 e. The molecule has 0 saturated heterocycles. The van der Waals surface area contributed by atoms with Crippen molar-refractivity contribution in [3.8, 4) is 11.5 Å². The number of rotatable bonds is 9. The number of carbonyl (C=O) groups is 1. The molecule has 2 rings (SSSR count). The van der Waals surface area contributed by atoms with E-state index in [0.717, 1.165) is 29.6 Å². The van der Waals surface area contributed by atoms with E-state index in [1.807, 2.05) is 0 Å². The van der Waals surface area contributed by atoms with Gasteiger partial charge in [0.1, 0.15) is 11.5 Å². The monoisotopic (exact) mass is 513 g/mol. The van der Waals surface area contributed by atoms with Gasteiger partial charge in [0.05, 0.1) is 0 Å². The van der Waals surface area contributed by atoms with Crippen molar-refractivity contribution >= 4 is 11.6 Å². The Labute approximate surface area is 182 Å². The molecule has 0 radical (unpaired) electrons. The normalized spacial score (nSPS) is 13.7. The molecular formula is C19H11F12NO2. The summed E-state index contributed by atoms with van der Waals surface area (Å²) in [5, 5.41) is 1.03. The summed E-state index contributed by atoms with van der Waals surface area (Å²) in [4.78, 5) is 11.5. The number of alkyl halides is 12. The second-order valence-electron chi connectivity index (χ2n) is 6.61. The number of ether oxygens (including phenoxy) is 1. The molecule has 2 aromatic carbocycles. The zero-order chi connectivity index (χ0) is 26.2. The van der Waals surface area contributed by atoms with Gasteiger partial charge in [-0.1, -0.05) is 18.2 Å². The van der Waals surface area contributed by atoms with Crippen LogP contribution in [-0.2, 0) is 4.79 Å². The third-order valence-corrected chi connectivity index (χ3v) is 4.25. The SMILES string of the molecule is O=C(Nc1ccc(Oc2ccccc2)cc1)C(F)(F)C(F)(F)C(F)(F)C(F)(F)C(F)(F)C(F)F. The lowest BCUT2D eigenvalue weighted by Gasteiger charge is -2.38. The number of nitrogens with one attached hydrogen (secondary N) is 1. The topological polar surface area (TPSA) is 38.3 Å². The maximum absolute atomic E-state index is 13.8. The zero-order valence-electron chi connectivity index (χ0n) is 16.1. The van der Waals surface area contributed by atoms with E-state index in [2.05, 4.69) is 0 Å². The number of carbonyl (C=O) groups excluding carboxylic acids is 1. The molecule has 188 valence electrons. The first kappa shape index (κ1) is 27.1. The van der Waals surface area contributed by atoms with Crippen molar-refractivity contribution in [2.75, 3.05) is 5.32 Å². The average Bonchev–Trinajstić information content (AvgIpc) is 2.75. The lowest BCUT2D eigenvalue weighted by atomic mass is 9.94. The molecule has 0 aliphatic rings. The highest BCUT2D eigenvalue weighted by molar-refractivity contribution is 5.97. The van der Waals surface area contributed by atoms with Gasteiger partial charge in [0.2, 0.25) is 0 Å². The van der Waals surface area contributed by atoms with E-state index in [-0.39, 0.29) is 5.75 Å². The molecule has 1 N–H and O–H groups in total. The van der Waals surface area contributed by atoms with Crippen LogP contribution in [0.4, 0.5) is 58.4 Å². The summed E-state index contributed by atoms with van der Waals surface area (Å²) in [6.07, 6.45) is -5.62. The van der Waals surface area contributed by atoms with Crippen LogP contribution in [-0.4, -0.2) is 41.9 Å². The van der Waals surface area contributed by atoms with E-state index < -0.39 is 47.6 Å². The molecule has 0 bridgehead atoms. The Hall–Kier alpha value is -3.13. The minimum atomic E-state index is -7.78. The smallest absolute Gasteiger partial charge is 0.393 e. The van der Waals surface area contributed by atoms with Crippen molar-refractivity contribution in [1.82, 2.24) is 0 Å². The molecule has 1 amide bonds. The van der Waals surface area contributed by atoms with Crippen LogP contribution in [0.25, 0.3) is 0 Å². The minimum Gasteiger partial charge on any atom is -0.457 e. The molecule has 0 aliphatic heterocycles. The molecule has 0 spiro atoms. The van der Waals surface area contributed by atoms with Crippen molar-refractivity contribution in [2.24, 2.45) is 0 Å². The van der Waals surface area contributed by atoms with E-state index in [1.165, 1.54) is 12.1 Å². The van der Waals surface area contributed by atoms with Gasteiger partial charge in [0.25, 0.3) is 0 Å². The highest BCUT2D eigenvalue weighted by atomic mass is 19.4. The molecule has 0 fully saturated rings. The predicted octanol–water partition coefficient (Wildman–Crippen LogP) is 6.86. The molecule has 0 atom stereocenters. The van der Waals surface area contributed by atoms with Crippen LogP contribution in [0.1, 0.15) is 0 Å². The first-order chi connectivity index (χ1) is 15.4. The van der Waals surface area contributed by atoms with Gasteiger partial charge in [-0.05, 0) is 36.4 Å². The van der Waals surface area contributed by atoms with Gasteiger partial charge in [-0.15, -0.1) is 0 Å². The number of hydrogen-bond acceptors (Lipinski definition) is 2. The third kappa shape index (κ3) is 4.46. The Morgan fingerprint density at radius 2 is 1.15 bits per heavy atom. The molecule has 2 aromatic rings. The summed E-state index contributed by atoms with van der Waals surface area (Å²) in [6, 6.07) is 11.4. The van der Waals surface area contributed by atoms with Crippen molar-refractivity contribution in [2.45, 2.75) is 36.0 Å². The summed E-state index contributed by atoms with van der Waals surface area (Å²) in [5.74, 6) is -39.8. The fourth-order valence-electron chi connectivity index (χ4n) is 2.32. The first-order valence-corrected chi connectivity index (χ1v) is 8.71. The van der Waals surface area contributed by atoms with Crippen LogP contribution >= 0.6 is 0 Å². The van der Waals surface area contributed by atoms with Gasteiger partial charge in [-0.2, -0.15) is 43.9 Å². The van der Waals surface area contributed by atoms with Gasteiger partial charge in [-0.25, -0.2) is 8.78 Å². The van der Waals surface area contributed by atoms with Gasteiger partial charge >= 0.3 is 41.9 Å². The Morgan fingerprint density at radius 1 is 0.676 bits per heavy atom. The summed E-state index contributed by atoms with van der Waals surface area (Å²) in [6.45, 7) is 0. The lowest BCUT2D eigenvalue weighted by molar-refractivity contribution is -0.406. The summed E-state index contributed by atoms with van der Waals surface area (Å²) in [7, 11) is 0. The molecule has 3 nitrogen and oxygen atoms in total. The molecule has 0 heterocycles. The second kappa shape index (κ2) is 8.91. The van der Waals surface area contributed by atoms with Crippen molar-refractivity contribution in [3.05, 3.63) is 54.6 Å². The van der Waals surface area contributed by atoms with Crippen LogP contribution in [0.5, 0.6) is 11.5 Å². The fourth-order valence-corrected chi connectivity index (χ4v) is 2.32.